The Morgan fingerprint density at radius 2 is 0.550 bits per heavy atom. The number of fused-ring (bicyclic) bond motifs is 13. The molecule has 17 rings (SSSR count). The lowest BCUT2D eigenvalue weighted by Crippen LogP contribution is -1.94. The molecular formula is C74H48N6. The van der Waals surface area contributed by atoms with E-state index in [4.69, 9.17) is 9.97 Å². The highest BCUT2D eigenvalue weighted by molar-refractivity contribution is 6.23. The summed E-state index contributed by atoms with van der Waals surface area (Å²) in [7, 11) is 0. The minimum absolute atomic E-state index is 1.02. The zero-order chi connectivity index (χ0) is 52.7. The average Bonchev–Trinajstić information content (AvgIpc) is 4.40. The van der Waals surface area contributed by atoms with Gasteiger partial charge in [-0.15, -0.1) is 0 Å². The first-order valence-corrected chi connectivity index (χ1v) is 27.2. The van der Waals surface area contributed by atoms with Crippen LogP contribution in [0, 0.1) is 0 Å². The van der Waals surface area contributed by atoms with Crippen molar-refractivity contribution in [3.63, 3.8) is 0 Å². The molecule has 0 amide bonds. The molecule has 6 aromatic heterocycles. The van der Waals surface area contributed by atoms with E-state index in [1.165, 1.54) is 87.4 Å². The summed E-state index contributed by atoms with van der Waals surface area (Å²) >= 11 is 0. The van der Waals surface area contributed by atoms with Crippen molar-refractivity contribution in [3.8, 4) is 45.0 Å². The van der Waals surface area contributed by atoms with Gasteiger partial charge in [0.25, 0.3) is 0 Å². The van der Waals surface area contributed by atoms with Gasteiger partial charge in [-0.25, -0.2) is 0 Å². The topological polar surface area (TPSA) is 45.5 Å². The molecule has 11 aromatic carbocycles. The molecule has 0 aliphatic heterocycles. The van der Waals surface area contributed by atoms with E-state index in [1.807, 2.05) is 24.5 Å². The molecule has 0 radical (unpaired) electrons. The molecular weight excluding hydrogens is 973 g/mol. The molecule has 0 fully saturated rings. The number of hydrogen-bond acceptors (Lipinski definition) is 2. The molecule has 6 nitrogen and oxygen atoms in total. The number of aromatic nitrogens is 6. The highest BCUT2D eigenvalue weighted by atomic mass is 15.0. The second kappa shape index (κ2) is 18.4. The fourth-order valence-corrected chi connectivity index (χ4v) is 12.8. The van der Waals surface area contributed by atoms with Crippen molar-refractivity contribution in [1.82, 2.24) is 28.2 Å². The zero-order valence-electron chi connectivity index (χ0n) is 43.4. The van der Waals surface area contributed by atoms with E-state index in [0.717, 1.165) is 55.8 Å². The minimum atomic E-state index is 1.02. The third kappa shape index (κ3) is 6.99. The molecule has 6 heteroatoms. The first-order chi connectivity index (χ1) is 39.8. The molecule has 0 aliphatic carbocycles. The van der Waals surface area contributed by atoms with E-state index in [-0.39, 0.29) is 0 Å². The monoisotopic (exact) mass is 1020 g/mol. The summed E-state index contributed by atoms with van der Waals surface area (Å²) in [5, 5.41) is 9.84. The molecule has 0 bridgehead atoms. The molecule has 374 valence electrons. The molecule has 0 atom stereocenters. The lowest BCUT2D eigenvalue weighted by molar-refractivity contribution is 1.17. The molecule has 0 aliphatic rings. The van der Waals surface area contributed by atoms with Gasteiger partial charge in [0.15, 0.2) is 0 Å². The number of pyridine rings is 2. The van der Waals surface area contributed by atoms with Crippen LogP contribution >= 0.6 is 0 Å². The molecule has 0 spiro atoms. The van der Waals surface area contributed by atoms with Crippen molar-refractivity contribution in [2.24, 2.45) is 0 Å². The minimum Gasteiger partial charge on any atom is -0.309 e. The van der Waals surface area contributed by atoms with Crippen LogP contribution in [0.3, 0.4) is 0 Å². The van der Waals surface area contributed by atoms with Gasteiger partial charge in [0.05, 0.1) is 55.2 Å². The van der Waals surface area contributed by atoms with Crippen LogP contribution in [0.25, 0.3) is 143 Å². The molecule has 17 aromatic rings. The van der Waals surface area contributed by atoms with Crippen molar-refractivity contribution in [2.75, 3.05) is 0 Å². The van der Waals surface area contributed by atoms with Gasteiger partial charge in [0.2, 0.25) is 0 Å². The Kier molecular flexibility index (Phi) is 10.5. The predicted octanol–water partition coefficient (Wildman–Crippen LogP) is 19.0. The normalized spacial score (nSPS) is 11.8. The van der Waals surface area contributed by atoms with E-state index in [1.54, 1.807) is 0 Å². The molecule has 80 heavy (non-hydrogen) atoms. The summed E-state index contributed by atoms with van der Waals surface area (Å²) in [4.78, 5) is 9.85. The van der Waals surface area contributed by atoms with Gasteiger partial charge in [-0.05, 0) is 142 Å². The largest absolute Gasteiger partial charge is 0.309 e. The maximum absolute atomic E-state index is 4.94. The summed E-state index contributed by atoms with van der Waals surface area (Å²) in [5.41, 5.74) is 20.8. The Bertz CT molecular complexity index is 5080. The second-order valence-electron chi connectivity index (χ2n) is 20.5. The Morgan fingerprint density at radius 3 is 1.01 bits per heavy atom. The van der Waals surface area contributed by atoms with Crippen molar-refractivity contribution >= 4 is 98.3 Å². The Hall–Kier alpha value is -10.8. The zero-order valence-corrected chi connectivity index (χ0v) is 43.4. The van der Waals surface area contributed by atoms with Crippen LogP contribution < -0.4 is 0 Å². The van der Waals surface area contributed by atoms with Crippen LogP contribution in [0.1, 0.15) is 0 Å². The Labute approximate surface area is 460 Å². The summed E-state index contributed by atoms with van der Waals surface area (Å²) in [6.07, 6.45) is 3.80. The number of para-hydroxylation sites is 5. The average molecular weight is 1020 g/mol. The van der Waals surface area contributed by atoms with E-state index < -0.39 is 0 Å². The quantitative estimate of drug-likeness (QED) is 0.167. The number of nitrogens with zero attached hydrogens (tertiary/aromatic N) is 6. The number of benzene rings is 11. The van der Waals surface area contributed by atoms with Crippen molar-refractivity contribution in [3.05, 3.63) is 291 Å². The van der Waals surface area contributed by atoms with Crippen molar-refractivity contribution in [2.45, 2.75) is 0 Å². The van der Waals surface area contributed by atoms with Crippen LogP contribution in [0.15, 0.2) is 291 Å². The van der Waals surface area contributed by atoms with E-state index in [2.05, 4.69) is 285 Å². The van der Waals surface area contributed by atoms with Gasteiger partial charge < -0.3 is 18.3 Å². The highest BCUT2D eigenvalue weighted by Gasteiger charge is 2.23. The second-order valence-corrected chi connectivity index (χ2v) is 20.5. The first-order valence-electron chi connectivity index (χ1n) is 27.2. The number of hydrogen-bond donors (Lipinski definition) is 0. The lowest BCUT2D eigenvalue weighted by Gasteiger charge is -2.11. The van der Waals surface area contributed by atoms with Crippen LogP contribution in [0.5, 0.6) is 0 Å². The molecule has 0 N–H and O–H groups in total. The fourth-order valence-electron chi connectivity index (χ4n) is 12.8. The molecule has 6 heterocycles. The molecule has 0 saturated carbocycles. The van der Waals surface area contributed by atoms with Crippen molar-refractivity contribution < 1.29 is 0 Å². The van der Waals surface area contributed by atoms with Gasteiger partial charge in [0.1, 0.15) is 0 Å². The summed E-state index contributed by atoms with van der Waals surface area (Å²) < 4.78 is 9.44. The predicted molar refractivity (Wildman–Crippen MR) is 334 cm³/mol. The maximum atomic E-state index is 4.94. The Balaban J connectivity index is 0.000000133. The maximum Gasteiger partial charge on any atom is 0.0969 e. The standard InChI is InChI=1S/C39H25N3.C35H23N3/c1-2-13-28(14-3-1)41-35-20-9-17-31(38(35)39-36(41)21-10-24-40-39)30-16-8-19-34-37(30)32-15-6-7-18-33(32)42(34)29-23-22-26-11-4-5-12-27(26)25-29;1-3-12-24(13-4-1)37-29-19-8-7-16-28(29)33-26(17-9-20-30(33)37)27-18-10-21-31-34(27)35-32(22-11-23-36-35)38(31)25-14-5-2-6-15-25/h1-25H;1-23H. The van der Waals surface area contributed by atoms with E-state index in [0.29, 0.717) is 0 Å². The molecule has 0 unspecified atom stereocenters. The SMILES string of the molecule is c1ccc(-n2c3ccccc3c3c(-c4cccc5c4c4ncccc4n5-c4ccccc4)cccc32)cc1.c1ccc(-n2c3cccnc3c3c(-c4cccc5c4c4ccccc4n5-c4ccc5ccccc5c4)cccc32)cc1. The van der Waals surface area contributed by atoms with Crippen LogP contribution in [0.4, 0.5) is 0 Å². The third-order valence-corrected chi connectivity index (χ3v) is 16.1. The van der Waals surface area contributed by atoms with Crippen LogP contribution in [-0.2, 0) is 0 Å². The smallest absolute Gasteiger partial charge is 0.0969 e. The summed E-state index contributed by atoms with van der Waals surface area (Å²) in [6, 6.07) is 99.6. The third-order valence-electron chi connectivity index (χ3n) is 16.1. The van der Waals surface area contributed by atoms with Gasteiger partial charge in [-0.1, -0.05) is 170 Å². The van der Waals surface area contributed by atoms with Gasteiger partial charge in [0, 0.05) is 67.5 Å². The van der Waals surface area contributed by atoms with E-state index >= 15 is 0 Å². The van der Waals surface area contributed by atoms with Crippen LogP contribution in [0.2, 0.25) is 0 Å². The number of rotatable bonds is 6. The van der Waals surface area contributed by atoms with Gasteiger partial charge in [-0.3, -0.25) is 9.97 Å². The van der Waals surface area contributed by atoms with E-state index in [9.17, 15) is 0 Å². The van der Waals surface area contributed by atoms with Gasteiger partial charge >= 0.3 is 0 Å². The summed E-state index contributed by atoms with van der Waals surface area (Å²) in [5.74, 6) is 0. The highest BCUT2D eigenvalue weighted by Crippen LogP contribution is 2.46. The first kappa shape index (κ1) is 45.4. The van der Waals surface area contributed by atoms with Gasteiger partial charge in [-0.2, -0.15) is 0 Å². The summed E-state index contributed by atoms with van der Waals surface area (Å²) in [6.45, 7) is 0. The lowest BCUT2D eigenvalue weighted by atomic mass is 9.96. The van der Waals surface area contributed by atoms with Crippen molar-refractivity contribution in [1.29, 1.82) is 0 Å². The van der Waals surface area contributed by atoms with Crippen LogP contribution in [-0.4, -0.2) is 28.2 Å². The molecule has 0 saturated heterocycles. The fraction of sp³-hybridized carbons (Fsp3) is 0. The Morgan fingerprint density at radius 1 is 0.212 bits per heavy atom.